The normalized spacial score (nSPS) is 17.6. The minimum atomic E-state index is -3.26. The molecule has 0 bridgehead atoms. The molecule has 9 heteroatoms. The summed E-state index contributed by atoms with van der Waals surface area (Å²) in [6.07, 6.45) is 0.288. The number of halogens is 3. The van der Waals surface area contributed by atoms with Crippen molar-refractivity contribution in [3.63, 3.8) is 0 Å². The van der Waals surface area contributed by atoms with Crippen LogP contribution in [0, 0.1) is 5.82 Å². The summed E-state index contributed by atoms with van der Waals surface area (Å²) >= 11 is 12.3. The lowest BCUT2D eigenvalue weighted by atomic mass is 10.1. The van der Waals surface area contributed by atoms with Crippen molar-refractivity contribution in [2.75, 3.05) is 11.5 Å². The van der Waals surface area contributed by atoms with E-state index in [1.807, 2.05) is 0 Å². The lowest BCUT2D eigenvalue weighted by Gasteiger charge is -2.27. The molecule has 1 aliphatic heterocycles. The van der Waals surface area contributed by atoms with Gasteiger partial charge in [0.05, 0.1) is 16.5 Å². The highest BCUT2D eigenvalue weighted by atomic mass is 35.5. The van der Waals surface area contributed by atoms with Crippen molar-refractivity contribution in [2.45, 2.75) is 19.0 Å². The summed E-state index contributed by atoms with van der Waals surface area (Å²) in [5.74, 6) is -0.810. The highest BCUT2D eigenvalue weighted by molar-refractivity contribution is 7.91. The Kier molecular flexibility index (Phi) is 6.10. The van der Waals surface area contributed by atoms with Crippen molar-refractivity contribution in [1.29, 1.82) is 0 Å². The molecular formula is C22H18Cl2FNO4S. The Balaban J connectivity index is 1.67. The molecule has 31 heavy (non-hydrogen) atoms. The van der Waals surface area contributed by atoms with Crippen LogP contribution in [0.4, 0.5) is 4.39 Å². The van der Waals surface area contributed by atoms with Crippen LogP contribution in [0.2, 0.25) is 10.0 Å². The Morgan fingerprint density at radius 1 is 1.13 bits per heavy atom. The van der Waals surface area contributed by atoms with Crippen LogP contribution >= 0.6 is 23.2 Å². The van der Waals surface area contributed by atoms with E-state index in [0.29, 0.717) is 26.9 Å². The summed E-state index contributed by atoms with van der Waals surface area (Å²) < 4.78 is 44.0. The van der Waals surface area contributed by atoms with Gasteiger partial charge in [-0.2, -0.15) is 0 Å². The van der Waals surface area contributed by atoms with Crippen LogP contribution in [0.15, 0.2) is 59.0 Å². The van der Waals surface area contributed by atoms with Gasteiger partial charge in [0.25, 0.3) is 5.91 Å². The molecule has 0 N–H and O–H groups in total. The topological polar surface area (TPSA) is 67.6 Å². The standard InChI is InChI=1S/C22H18Cl2FNO4S/c23-15-5-6-18(24)17(11-15)20-7-8-21(30-20)22(27)26(16-9-10-31(28,29)13-16)12-14-3-1-2-4-19(14)25/h1-8,11,16H,9-10,12-13H2/t16-/m0/s1. The van der Waals surface area contributed by atoms with Crippen LogP contribution in [0.25, 0.3) is 11.3 Å². The molecule has 2 aromatic carbocycles. The highest BCUT2D eigenvalue weighted by Crippen LogP contribution is 2.33. The lowest BCUT2D eigenvalue weighted by Crippen LogP contribution is -2.40. The quantitative estimate of drug-likeness (QED) is 0.500. The molecule has 3 aromatic rings. The summed E-state index contributed by atoms with van der Waals surface area (Å²) in [5, 5.41) is 0.865. The zero-order valence-corrected chi connectivity index (χ0v) is 18.6. The van der Waals surface area contributed by atoms with Gasteiger partial charge in [0.15, 0.2) is 15.6 Å². The molecule has 0 saturated carbocycles. The first kappa shape index (κ1) is 21.9. The van der Waals surface area contributed by atoms with Gasteiger partial charge in [-0.3, -0.25) is 4.79 Å². The van der Waals surface area contributed by atoms with Gasteiger partial charge in [-0.1, -0.05) is 41.4 Å². The number of carbonyl (C=O) groups excluding carboxylic acids is 1. The van der Waals surface area contributed by atoms with Crippen LogP contribution in [-0.4, -0.2) is 36.8 Å². The third-order valence-electron chi connectivity index (χ3n) is 5.22. The van der Waals surface area contributed by atoms with Crippen LogP contribution in [0.5, 0.6) is 0 Å². The van der Waals surface area contributed by atoms with E-state index in [1.54, 1.807) is 42.5 Å². The summed E-state index contributed by atoms with van der Waals surface area (Å²) in [6.45, 7) is -0.0698. The van der Waals surface area contributed by atoms with Crippen LogP contribution in [0.1, 0.15) is 22.5 Å². The fourth-order valence-corrected chi connectivity index (χ4v) is 5.74. The first-order valence-electron chi connectivity index (χ1n) is 9.53. The number of nitrogens with zero attached hydrogens (tertiary/aromatic N) is 1. The molecule has 0 unspecified atom stereocenters. The predicted molar refractivity (Wildman–Crippen MR) is 117 cm³/mol. The van der Waals surface area contributed by atoms with Gasteiger partial charge in [0.1, 0.15) is 11.6 Å². The zero-order chi connectivity index (χ0) is 22.2. The molecule has 5 nitrogen and oxygen atoms in total. The van der Waals surface area contributed by atoms with Crippen molar-refractivity contribution in [3.05, 3.63) is 81.8 Å². The zero-order valence-electron chi connectivity index (χ0n) is 16.2. The predicted octanol–water partition coefficient (Wildman–Crippen LogP) is 5.22. The molecule has 1 fully saturated rings. The minimum Gasteiger partial charge on any atom is -0.451 e. The fourth-order valence-electron chi connectivity index (χ4n) is 3.62. The average Bonchev–Trinajstić information content (AvgIpc) is 3.35. The Morgan fingerprint density at radius 2 is 1.90 bits per heavy atom. The van der Waals surface area contributed by atoms with Crippen molar-refractivity contribution in [1.82, 2.24) is 4.90 Å². The fraction of sp³-hybridized carbons (Fsp3) is 0.227. The summed E-state index contributed by atoms with van der Waals surface area (Å²) in [7, 11) is -3.26. The second-order valence-electron chi connectivity index (χ2n) is 7.37. The molecule has 0 spiro atoms. The third kappa shape index (κ3) is 4.79. The molecule has 0 aliphatic carbocycles. The number of sulfone groups is 1. The van der Waals surface area contributed by atoms with Gasteiger partial charge in [0.2, 0.25) is 0 Å². The molecule has 162 valence electrons. The van der Waals surface area contributed by atoms with Crippen molar-refractivity contribution in [2.24, 2.45) is 0 Å². The first-order chi connectivity index (χ1) is 14.7. The van der Waals surface area contributed by atoms with Crippen LogP contribution in [-0.2, 0) is 16.4 Å². The number of amides is 1. The Bertz CT molecular complexity index is 1240. The SMILES string of the molecule is O=C(c1ccc(-c2cc(Cl)ccc2Cl)o1)N(Cc1ccccc1F)[C@H]1CCS(=O)(=O)C1. The number of hydrogen-bond donors (Lipinski definition) is 0. The largest absolute Gasteiger partial charge is 0.451 e. The van der Waals surface area contributed by atoms with E-state index in [0.717, 1.165) is 0 Å². The second-order valence-corrected chi connectivity index (χ2v) is 10.4. The number of furan rings is 1. The van der Waals surface area contributed by atoms with Gasteiger partial charge >= 0.3 is 0 Å². The number of rotatable bonds is 5. The van der Waals surface area contributed by atoms with Gasteiger partial charge in [-0.05, 0) is 42.8 Å². The molecule has 2 heterocycles. The van der Waals surface area contributed by atoms with Crippen molar-refractivity contribution >= 4 is 38.9 Å². The number of hydrogen-bond acceptors (Lipinski definition) is 4. The minimum absolute atomic E-state index is 0.00618. The monoisotopic (exact) mass is 481 g/mol. The van der Waals surface area contributed by atoms with E-state index in [4.69, 9.17) is 27.6 Å². The number of benzene rings is 2. The smallest absolute Gasteiger partial charge is 0.290 e. The molecule has 1 saturated heterocycles. The van der Waals surface area contributed by atoms with Crippen molar-refractivity contribution < 1.29 is 22.0 Å². The second kappa shape index (κ2) is 8.65. The summed E-state index contributed by atoms with van der Waals surface area (Å²) in [6, 6.07) is 13.5. The van der Waals surface area contributed by atoms with Gasteiger partial charge < -0.3 is 9.32 Å². The third-order valence-corrected chi connectivity index (χ3v) is 7.53. The molecule has 1 amide bonds. The maximum atomic E-state index is 14.3. The Hall–Kier alpha value is -2.35. The van der Waals surface area contributed by atoms with Crippen molar-refractivity contribution in [3.8, 4) is 11.3 Å². The summed E-state index contributed by atoms with van der Waals surface area (Å²) in [4.78, 5) is 14.7. The van der Waals surface area contributed by atoms with Gasteiger partial charge in [0, 0.05) is 28.7 Å². The Labute approximate surface area is 189 Å². The van der Waals surface area contributed by atoms with E-state index in [-0.39, 0.29) is 30.2 Å². The molecule has 1 aliphatic rings. The number of carbonyl (C=O) groups is 1. The van der Waals surface area contributed by atoms with Gasteiger partial charge in [-0.25, -0.2) is 12.8 Å². The summed E-state index contributed by atoms with van der Waals surface area (Å²) in [5.41, 5.74) is 0.821. The molecule has 4 rings (SSSR count). The highest BCUT2D eigenvalue weighted by Gasteiger charge is 2.36. The van der Waals surface area contributed by atoms with Crippen LogP contribution < -0.4 is 0 Å². The molecule has 0 radical (unpaired) electrons. The van der Waals surface area contributed by atoms with E-state index >= 15 is 0 Å². The molecule has 1 aromatic heterocycles. The van der Waals surface area contributed by atoms with E-state index in [9.17, 15) is 17.6 Å². The molecule has 1 atom stereocenters. The van der Waals surface area contributed by atoms with E-state index in [1.165, 1.54) is 17.0 Å². The van der Waals surface area contributed by atoms with Gasteiger partial charge in [-0.15, -0.1) is 0 Å². The molecular weight excluding hydrogens is 464 g/mol. The maximum absolute atomic E-state index is 14.3. The Morgan fingerprint density at radius 3 is 2.61 bits per heavy atom. The van der Waals surface area contributed by atoms with Crippen LogP contribution in [0.3, 0.4) is 0 Å². The first-order valence-corrected chi connectivity index (χ1v) is 12.1. The van der Waals surface area contributed by atoms with E-state index < -0.39 is 27.6 Å². The lowest BCUT2D eigenvalue weighted by molar-refractivity contribution is 0.0647. The average molecular weight is 482 g/mol. The maximum Gasteiger partial charge on any atom is 0.290 e. The van der Waals surface area contributed by atoms with E-state index in [2.05, 4.69) is 0 Å².